The molecule has 1 aromatic carbocycles. The lowest BCUT2D eigenvalue weighted by Crippen LogP contribution is -2.22. The molecule has 2 heterocycles. The molecule has 5 nitrogen and oxygen atoms in total. The summed E-state index contributed by atoms with van der Waals surface area (Å²) in [5.41, 5.74) is 0.278. The summed E-state index contributed by atoms with van der Waals surface area (Å²) in [5, 5.41) is 8.68. The van der Waals surface area contributed by atoms with Gasteiger partial charge in [-0.05, 0) is 18.9 Å². The number of ether oxygens (including phenoxy) is 1. The molecule has 0 radical (unpaired) electrons. The highest BCUT2D eigenvalue weighted by Gasteiger charge is 2.23. The Hall–Kier alpha value is -1.67. The van der Waals surface area contributed by atoms with Crippen molar-refractivity contribution in [3.63, 3.8) is 0 Å². The van der Waals surface area contributed by atoms with E-state index in [4.69, 9.17) is 10.6 Å². The number of nitrogens with zero attached hydrogens (tertiary/aromatic N) is 3. The lowest BCUT2D eigenvalue weighted by Gasteiger charge is -2.20. The molecule has 8 heteroatoms. The molecule has 0 atom stereocenters. The summed E-state index contributed by atoms with van der Waals surface area (Å²) in [5.74, 6) is 5.53. The predicted molar refractivity (Wildman–Crippen MR) is 78.9 cm³/mol. The number of aromatic nitrogens is 3. The second-order valence-electron chi connectivity index (χ2n) is 5.10. The van der Waals surface area contributed by atoms with Crippen molar-refractivity contribution in [1.29, 1.82) is 0 Å². The van der Waals surface area contributed by atoms with Crippen molar-refractivity contribution >= 4 is 11.8 Å². The third-order valence-electron chi connectivity index (χ3n) is 3.67. The fourth-order valence-electron chi connectivity index (χ4n) is 2.42. The van der Waals surface area contributed by atoms with Crippen molar-refractivity contribution in [1.82, 2.24) is 14.9 Å². The summed E-state index contributed by atoms with van der Waals surface area (Å²) in [6, 6.07) is 4.12. The average Bonchev–Trinajstić information content (AvgIpc) is 2.91. The second kappa shape index (κ2) is 6.62. The Balaban J connectivity index is 1.71. The van der Waals surface area contributed by atoms with Gasteiger partial charge in [0.25, 0.3) is 0 Å². The Labute approximate surface area is 130 Å². The molecular weight excluding hydrogens is 310 g/mol. The first-order valence-electron chi connectivity index (χ1n) is 7.00. The van der Waals surface area contributed by atoms with E-state index in [0.717, 1.165) is 18.9 Å². The maximum Gasteiger partial charge on any atom is 0.210 e. The van der Waals surface area contributed by atoms with Crippen molar-refractivity contribution in [3.05, 3.63) is 41.2 Å². The van der Waals surface area contributed by atoms with E-state index >= 15 is 0 Å². The number of halogens is 2. The minimum Gasteiger partial charge on any atom is -0.381 e. The van der Waals surface area contributed by atoms with E-state index in [-0.39, 0.29) is 17.2 Å². The highest BCUT2D eigenvalue weighted by atomic mass is 32.2. The lowest BCUT2D eigenvalue weighted by atomic mass is 10.00. The summed E-state index contributed by atoms with van der Waals surface area (Å²) in [6.07, 6.45) is 1.72. The maximum absolute atomic E-state index is 13.6. The molecule has 1 saturated heterocycles. The van der Waals surface area contributed by atoms with E-state index in [1.54, 1.807) is 6.07 Å². The minimum absolute atomic E-state index is 0.228. The summed E-state index contributed by atoms with van der Waals surface area (Å²) in [6.45, 7) is 1.38. The first-order valence-corrected chi connectivity index (χ1v) is 7.99. The van der Waals surface area contributed by atoms with Crippen LogP contribution in [-0.4, -0.2) is 28.1 Å². The molecule has 0 aliphatic carbocycles. The topological polar surface area (TPSA) is 66.0 Å². The third kappa shape index (κ3) is 3.07. The largest absolute Gasteiger partial charge is 0.381 e. The first kappa shape index (κ1) is 15.2. The molecule has 0 spiro atoms. The number of hydrogen-bond acceptors (Lipinski definition) is 5. The van der Waals surface area contributed by atoms with Gasteiger partial charge in [0.05, 0.1) is 0 Å². The summed E-state index contributed by atoms with van der Waals surface area (Å²) in [7, 11) is 0. The van der Waals surface area contributed by atoms with Crippen LogP contribution in [-0.2, 0) is 10.5 Å². The molecule has 1 aromatic heterocycles. The van der Waals surface area contributed by atoms with Crippen LogP contribution in [0, 0.1) is 11.6 Å². The molecule has 1 aliphatic rings. The molecule has 2 N–H and O–H groups in total. The van der Waals surface area contributed by atoms with Crippen molar-refractivity contribution in [2.75, 3.05) is 19.1 Å². The minimum atomic E-state index is -0.852. The highest BCUT2D eigenvalue weighted by molar-refractivity contribution is 7.98. The van der Waals surface area contributed by atoms with Crippen LogP contribution in [0.2, 0.25) is 0 Å². The van der Waals surface area contributed by atoms with E-state index in [1.807, 2.05) is 0 Å². The van der Waals surface area contributed by atoms with E-state index in [0.29, 0.717) is 24.2 Å². The molecule has 0 bridgehead atoms. The molecule has 1 fully saturated rings. The van der Waals surface area contributed by atoms with Gasteiger partial charge in [-0.2, -0.15) is 0 Å². The third-order valence-corrected chi connectivity index (χ3v) is 4.66. The van der Waals surface area contributed by atoms with Crippen LogP contribution in [0.3, 0.4) is 0 Å². The van der Waals surface area contributed by atoms with Crippen LogP contribution in [0.4, 0.5) is 8.78 Å². The number of thioether (sulfide) groups is 1. The summed E-state index contributed by atoms with van der Waals surface area (Å²) < 4.78 is 33.6. The number of rotatable bonds is 4. The number of benzene rings is 1. The fraction of sp³-hybridized carbons (Fsp3) is 0.429. The summed E-state index contributed by atoms with van der Waals surface area (Å²) >= 11 is 1.23. The van der Waals surface area contributed by atoms with E-state index in [9.17, 15) is 8.78 Å². The molecular formula is C14H16F2N4OS. The van der Waals surface area contributed by atoms with Crippen LogP contribution in [0.1, 0.15) is 30.1 Å². The molecule has 2 aromatic rings. The molecule has 0 unspecified atom stereocenters. The smallest absolute Gasteiger partial charge is 0.210 e. The van der Waals surface area contributed by atoms with Gasteiger partial charge in [0.2, 0.25) is 5.16 Å². The molecule has 3 rings (SSSR count). The van der Waals surface area contributed by atoms with E-state index < -0.39 is 11.6 Å². The Morgan fingerprint density at radius 3 is 2.82 bits per heavy atom. The van der Waals surface area contributed by atoms with Crippen LogP contribution in [0.15, 0.2) is 23.4 Å². The number of nitrogens with two attached hydrogens (primary N) is 1. The molecule has 0 amide bonds. The van der Waals surface area contributed by atoms with Crippen molar-refractivity contribution in [3.8, 4) is 0 Å². The second-order valence-corrected chi connectivity index (χ2v) is 6.04. The zero-order valence-corrected chi connectivity index (χ0v) is 12.7. The standard InChI is InChI=1S/C14H16F2N4OS/c15-11-3-1-2-10(12(11)16)8-22-14-19-18-13(20(14)17)9-4-6-21-7-5-9/h1-3,9H,4-8,17H2. The van der Waals surface area contributed by atoms with Gasteiger partial charge in [-0.1, -0.05) is 23.9 Å². The van der Waals surface area contributed by atoms with Crippen molar-refractivity contribution < 1.29 is 13.5 Å². The molecule has 1 aliphatic heterocycles. The van der Waals surface area contributed by atoms with Crippen LogP contribution in [0.5, 0.6) is 0 Å². The summed E-state index contributed by atoms with van der Waals surface area (Å²) in [4.78, 5) is 0. The first-order chi connectivity index (χ1) is 10.7. The Kier molecular flexibility index (Phi) is 4.58. The van der Waals surface area contributed by atoms with Gasteiger partial charge in [0, 0.05) is 30.4 Å². The van der Waals surface area contributed by atoms with E-state index in [2.05, 4.69) is 10.2 Å². The zero-order valence-electron chi connectivity index (χ0n) is 11.8. The molecule has 0 saturated carbocycles. The Bertz CT molecular complexity index is 658. The SMILES string of the molecule is Nn1c(SCc2cccc(F)c2F)nnc1C1CCOCC1. The highest BCUT2D eigenvalue weighted by Crippen LogP contribution is 2.28. The quantitative estimate of drug-likeness (QED) is 0.690. The van der Waals surface area contributed by atoms with Gasteiger partial charge >= 0.3 is 0 Å². The van der Waals surface area contributed by atoms with Gasteiger partial charge in [-0.25, -0.2) is 13.5 Å². The van der Waals surface area contributed by atoms with Gasteiger partial charge in [0.15, 0.2) is 17.5 Å². The lowest BCUT2D eigenvalue weighted by molar-refractivity contribution is 0.0830. The van der Waals surface area contributed by atoms with Crippen LogP contribution >= 0.6 is 11.8 Å². The van der Waals surface area contributed by atoms with Crippen molar-refractivity contribution in [2.45, 2.75) is 29.7 Å². The maximum atomic E-state index is 13.6. The van der Waals surface area contributed by atoms with Gasteiger partial charge in [-0.15, -0.1) is 10.2 Å². The number of nitrogen functional groups attached to an aromatic ring is 1. The van der Waals surface area contributed by atoms with E-state index in [1.165, 1.54) is 22.5 Å². The van der Waals surface area contributed by atoms with Crippen LogP contribution < -0.4 is 5.84 Å². The zero-order chi connectivity index (χ0) is 15.5. The van der Waals surface area contributed by atoms with Gasteiger partial charge in [0.1, 0.15) is 0 Å². The average molecular weight is 326 g/mol. The van der Waals surface area contributed by atoms with Crippen LogP contribution in [0.25, 0.3) is 0 Å². The predicted octanol–water partition coefficient (Wildman–Crippen LogP) is 2.46. The molecule has 22 heavy (non-hydrogen) atoms. The normalized spacial score (nSPS) is 16.1. The molecule has 118 valence electrons. The van der Waals surface area contributed by atoms with Gasteiger partial charge < -0.3 is 10.6 Å². The monoisotopic (exact) mass is 326 g/mol. The fourth-order valence-corrected chi connectivity index (χ4v) is 3.26. The Morgan fingerprint density at radius 2 is 2.05 bits per heavy atom. The van der Waals surface area contributed by atoms with Crippen molar-refractivity contribution in [2.24, 2.45) is 0 Å². The number of hydrogen-bond donors (Lipinski definition) is 1. The van der Waals surface area contributed by atoms with Gasteiger partial charge in [-0.3, -0.25) is 0 Å². The Morgan fingerprint density at radius 1 is 1.27 bits per heavy atom.